The molecule has 4 nitrogen and oxygen atoms in total. The number of carboxylic acids is 1. The minimum atomic E-state index is -0.949. The average Bonchev–Trinajstić information content (AvgIpc) is 2.58. The van der Waals surface area contributed by atoms with E-state index in [4.69, 9.17) is 5.11 Å². The summed E-state index contributed by atoms with van der Waals surface area (Å²) in [6.07, 6.45) is 1.07. The molecule has 1 aromatic rings. The van der Waals surface area contributed by atoms with E-state index in [9.17, 15) is 4.79 Å². The molecular formula is C12H20N2O2S. The Hall–Kier alpha value is -1.10. The second-order valence-electron chi connectivity index (χ2n) is 4.80. The van der Waals surface area contributed by atoms with Gasteiger partial charge in [0, 0.05) is 18.0 Å². The fraction of sp³-hybridized carbons (Fsp3) is 0.667. The summed E-state index contributed by atoms with van der Waals surface area (Å²) in [5, 5.41) is 9.76. The van der Waals surface area contributed by atoms with Crippen molar-refractivity contribution >= 4 is 22.4 Å². The number of anilines is 1. The zero-order chi connectivity index (χ0) is 13.2. The van der Waals surface area contributed by atoms with Gasteiger partial charge in [0.25, 0.3) is 0 Å². The third-order valence-corrected chi connectivity index (χ3v) is 3.82. The number of aryl methyl sites for hydroxylation is 1. The molecule has 1 atom stereocenters. The summed E-state index contributed by atoms with van der Waals surface area (Å²) in [5.41, 5.74) is 0.175. The Morgan fingerprint density at radius 2 is 2.06 bits per heavy atom. The van der Waals surface area contributed by atoms with Crippen LogP contribution in [-0.4, -0.2) is 29.1 Å². The van der Waals surface area contributed by atoms with Crippen molar-refractivity contribution in [3.63, 3.8) is 0 Å². The zero-order valence-corrected chi connectivity index (χ0v) is 11.8. The summed E-state index contributed by atoms with van der Waals surface area (Å²) in [5.74, 6) is -0.331. The first-order valence-corrected chi connectivity index (χ1v) is 6.58. The van der Waals surface area contributed by atoms with Crippen molar-refractivity contribution in [3.8, 4) is 0 Å². The van der Waals surface area contributed by atoms with Gasteiger partial charge in [-0.15, -0.1) is 11.3 Å². The lowest BCUT2D eigenvalue weighted by Gasteiger charge is -2.25. The standard InChI is InChI=1S/C12H20N2O2S/c1-7(2)6-8(3)14(5)12-13-10(11(15)16)9(4)17-12/h7-8H,6H2,1-5H3,(H,15,16). The third-order valence-electron chi connectivity index (χ3n) is 2.76. The predicted octanol–water partition coefficient (Wildman–Crippen LogP) is 3.02. The van der Waals surface area contributed by atoms with Crippen LogP contribution in [0.15, 0.2) is 0 Å². The summed E-state index contributed by atoms with van der Waals surface area (Å²) < 4.78 is 0. The molecule has 1 unspecified atom stereocenters. The summed E-state index contributed by atoms with van der Waals surface area (Å²) in [4.78, 5) is 17.9. The van der Waals surface area contributed by atoms with E-state index in [1.165, 1.54) is 11.3 Å². The Bertz CT molecular complexity index is 401. The van der Waals surface area contributed by atoms with Crippen LogP contribution in [-0.2, 0) is 0 Å². The highest BCUT2D eigenvalue weighted by Crippen LogP contribution is 2.27. The Morgan fingerprint density at radius 3 is 2.47 bits per heavy atom. The molecule has 5 heteroatoms. The second kappa shape index (κ2) is 5.49. The highest BCUT2D eigenvalue weighted by molar-refractivity contribution is 7.15. The number of aromatic nitrogens is 1. The van der Waals surface area contributed by atoms with Gasteiger partial charge in [0.15, 0.2) is 10.8 Å². The molecule has 1 rings (SSSR count). The van der Waals surface area contributed by atoms with Gasteiger partial charge in [-0.1, -0.05) is 13.8 Å². The van der Waals surface area contributed by atoms with Crippen LogP contribution in [0.3, 0.4) is 0 Å². The molecular weight excluding hydrogens is 236 g/mol. The fourth-order valence-electron chi connectivity index (χ4n) is 1.76. The molecule has 0 fully saturated rings. The molecule has 0 aliphatic heterocycles. The van der Waals surface area contributed by atoms with Crippen molar-refractivity contribution in [1.29, 1.82) is 0 Å². The molecule has 0 aliphatic rings. The van der Waals surface area contributed by atoms with E-state index in [1.807, 2.05) is 7.05 Å². The largest absolute Gasteiger partial charge is 0.476 e. The molecule has 0 spiro atoms. The lowest BCUT2D eigenvalue weighted by Crippen LogP contribution is -2.30. The molecule has 0 radical (unpaired) electrons. The lowest BCUT2D eigenvalue weighted by molar-refractivity contribution is 0.0690. The van der Waals surface area contributed by atoms with Crippen LogP contribution in [0.25, 0.3) is 0 Å². The summed E-state index contributed by atoms with van der Waals surface area (Å²) in [6, 6.07) is 0.363. The van der Waals surface area contributed by atoms with E-state index in [-0.39, 0.29) is 5.69 Å². The number of carbonyl (C=O) groups is 1. The topological polar surface area (TPSA) is 53.4 Å². The minimum absolute atomic E-state index is 0.175. The quantitative estimate of drug-likeness (QED) is 0.880. The van der Waals surface area contributed by atoms with Crippen LogP contribution in [0.1, 0.15) is 42.6 Å². The number of hydrogen-bond donors (Lipinski definition) is 1. The van der Waals surface area contributed by atoms with Crippen molar-refractivity contribution in [2.45, 2.75) is 40.2 Å². The highest BCUT2D eigenvalue weighted by atomic mass is 32.1. The van der Waals surface area contributed by atoms with Gasteiger partial charge in [0.05, 0.1) is 0 Å². The Balaban J connectivity index is 2.85. The van der Waals surface area contributed by atoms with Crippen LogP contribution >= 0.6 is 11.3 Å². The van der Waals surface area contributed by atoms with E-state index in [2.05, 4.69) is 30.7 Å². The number of thiazole rings is 1. The van der Waals surface area contributed by atoms with Gasteiger partial charge >= 0.3 is 5.97 Å². The smallest absolute Gasteiger partial charge is 0.355 e. The van der Waals surface area contributed by atoms with Gasteiger partial charge < -0.3 is 10.0 Å². The molecule has 0 saturated carbocycles. The van der Waals surface area contributed by atoms with Crippen LogP contribution < -0.4 is 4.90 Å². The zero-order valence-electron chi connectivity index (χ0n) is 11.0. The SMILES string of the molecule is Cc1sc(N(C)C(C)CC(C)C)nc1C(=O)O. The highest BCUT2D eigenvalue weighted by Gasteiger charge is 2.19. The van der Waals surface area contributed by atoms with Crippen molar-refractivity contribution in [3.05, 3.63) is 10.6 Å². The summed E-state index contributed by atoms with van der Waals surface area (Å²) >= 11 is 1.44. The van der Waals surface area contributed by atoms with Crippen molar-refractivity contribution in [2.75, 3.05) is 11.9 Å². The number of carboxylic acid groups (broad SMARTS) is 1. The number of hydrogen-bond acceptors (Lipinski definition) is 4. The van der Waals surface area contributed by atoms with E-state index >= 15 is 0 Å². The molecule has 0 aromatic carbocycles. The minimum Gasteiger partial charge on any atom is -0.476 e. The van der Waals surface area contributed by atoms with Crippen molar-refractivity contribution in [1.82, 2.24) is 4.98 Å². The first-order valence-electron chi connectivity index (χ1n) is 5.76. The molecule has 1 heterocycles. The Kier molecular flexibility index (Phi) is 4.51. The van der Waals surface area contributed by atoms with E-state index in [0.717, 1.165) is 16.4 Å². The molecule has 1 aromatic heterocycles. The number of aromatic carboxylic acids is 1. The van der Waals surface area contributed by atoms with E-state index in [1.54, 1.807) is 6.92 Å². The van der Waals surface area contributed by atoms with Crippen LogP contribution in [0.4, 0.5) is 5.13 Å². The first kappa shape index (κ1) is 14.0. The monoisotopic (exact) mass is 256 g/mol. The fourth-order valence-corrected chi connectivity index (χ4v) is 2.72. The molecule has 96 valence electrons. The van der Waals surface area contributed by atoms with Gasteiger partial charge in [-0.3, -0.25) is 0 Å². The molecule has 1 N–H and O–H groups in total. The maximum atomic E-state index is 10.9. The molecule has 0 saturated heterocycles. The van der Waals surface area contributed by atoms with Crippen LogP contribution in [0.2, 0.25) is 0 Å². The molecule has 17 heavy (non-hydrogen) atoms. The van der Waals surface area contributed by atoms with Gasteiger partial charge in [0.2, 0.25) is 0 Å². The normalized spacial score (nSPS) is 12.8. The van der Waals surface area contributed by atoms with Crippen LogP contribution in [0, 0.1) is 12.8 Å². The lowest BCUT2D eigenvalue weighted by atomic mass is 10.0. The molecule has 0 aliphatic carbocycles. The molecule has 0 amide bonds. The van der Waals surface area contributed by atoms with Crippen LogP contribution in [0.5, 0.6) is 0 Å². The maximum Gasteiger partial charge on any atom is 0.355 e. The Morgan fingerprint density at radius 1 is 1.47 bits per heavy atom. The summed E-state index contributed by atoms with van der Waals surface area (Å²) in [7, 11) is 1.97. The van der Waals surface area contributed by atoms with Crippen molar-refractivity contribution in [2.24, 2.45) is 5.92 Å². The van der Waals surface area contributed by atoms with E-state index in [0.29, 0.717) is 12.0 Å². The van der Waals surface area contributed by atoms with E-state index < -0.39 is 5.97 Å². The first-order chi connectivity index (χ1) is 7.82. The van der Waals surface area contributed by atoms with Gasteiger partial charge in [-0.05, 0) is 26.2 Å². The van der Waals surface area contributed by atoms with Gasteiger partial charge in [-0.2, -0.15) is 0 Å². The summed E-state index contributed by atoms with van der Waals surface area (Å²) in [6.45, 7) is 8.29. The maximum absolute atomic E-state index is 10.9. The van der Waals surface area contributed by atoms with Gasteiger partial charge in [0.1, 0.15) is 0 Å². The average molecular weight is 256 g/mol. The van der Waals surface area contributed by atoms with Crippen molar-refractivity contribution < 1.29 is 9.90 Å². The number of nitrogens with zero attached hydrogens (tertiary/aromatic N) is 2. The predicted molar refractivity (Wildman–Crippen MR) is 71.1 cm³/mol. The van der Waals surface area contributed by atoms with Gasteiger partial charge in [-0.25, -0.2) is 9.78 Å². The Labute approximate surface area is 106 Å². The number of rotatable bonds is 5. The second-order valence-corrected chi connectivity index (χ2v) is 5.98. The molecule has 0 bridgehead atoms. The third kappa shape index (κ3) is 3.43.